The number of hydrogen-bond donors (Lipinski definition) is 0. The molecule has 1 aromatic carbocycles. The largest absolute Gasteiger partial charge is 0.0777 e. The van der Waals surface area contributed by atoms with Gasteiger partial charge in [-0.25, -0.2) is 0 Å². The van der Waals surface area contributed by atoms with Gasteiger partial charge in [0.1, 0.15) is 0 Å². The van der Waals surface area contributed by atoms with Gasteiger partial charge in [-0.05, 0) is 25.0 Å². The number of alkyl halides is 2. The molecule has 0 bridgehead atoms. The lowest BCUT2D eigenvalue weighted by molar-refractivity contribution is 1.11. The molecule has 0 fully saturated rings. The van der Waals surface area contributed by atoms with Crippen LogP contribution in [-0.2, 0) is 0 Å². The first-order valence-electron chi connectivity index (χ1n) is 3.99. The van der Waals surface area contributed by atoms with Crippen LogP contribution >= 0.6 is 45.2 Å². The highest BCUT2D eigenvalue weighted by Crippen LogP contribution is 2.26. The first-order valence-corrected chi connectivity index (χ1v) is 6.48. The van der Waals surface area contributed by atoms with Gasteiger partial charge in [-0.3, -0.25) is 0 Å². The predicted octanol–water partition coefficient (Wildman–Crippen LogP) is 4.68. The van der Waals surface area contributed by atoms with E-state index in [2.05, 4.69) is 83.3 Å². The predicted molar refractivity (Wildman–Crippen MR) is 71.3 cm³/mol. The molecule has 12 heavy (non-hydrogen) atoms. The van der Waals surface area contributed by atoms with Gasteiger partial charge in [0.05, 0.1) is 0 Å². The second-order valence-electron chi connectivity index (χ2n) is 2.90. The molecule has 0 saturated heterocycles. The summed E-state index contributed by atoms with van der Waals surface area (Å²) >= 11 is 4.87. The van der Waals surface area contributed by atoms with Crippen LogP contribution in [0.4, 0.5) is 0 Å². The lowest BCUT2D eigenvalue weighted by Crippen LogP contribution is -1.86. The summed E-state index contributed by atoms with van der Waals surface area (Å²) in [5, 5.41) is 0. The van der Waals surface area contributed by atoms with Crippen LogP contribution in [0.2, 0.25) is 0 Å². The zero-order chi connectivity index (χ0) is 9.14. The molecule has 2 unspecified atom stereocenters. The van der Waals surface area contributed by atoms with Gasteiger partial charge in [-0.2, -0.15) is 0 Å². The maximum atomic E-state index is 2.44. The van der Waals surface area contributed by atoms with E-state index in [1.807, 2.05) is 0 Å². The van der Waals surface area contributed by atoms with Crippen molar-refractivity contribution in [3.63, 3.8) is 0 Å². The fourth-order valence-electron chi connectivity index (χ4n) is 1.03. The number of benzene rings is 1. The minimum absolute atomic E-state index is 0.612. The normalized spacial score (nSPS) is 15.7. The molecule has 2 heteroatoms. The second-order valence-corrected chi connectivity index (χ2v) is 6.64. The molecular weight excluding hydrogens is 374 g/mol. The number of halogens is 2. The molecule has 1 aromatic rings. The van der Waals surface area contributed by atoms with E-state index in [9.17, 15) is 0 Å². The molecule has 0 heterocycles. The van der Waals surface area contributed by atoms with Gasteiger partial charge in [0.2, 0.25) is 0 Å². The van der Waals surface area contributed by atoms with Crippen molar-refractivity contribution in [2.45, 2.75) is 21.7 Å². The second kappa shape index (κ2) is 4.79. The quantitative estimate of drug-likeness (QED) is 0.512. The van der Waals surface area contributed by atoms with Crippen LogP contribution in [0, 0.1) is 0 Å². The lowest BCUT2D eigenvalue weighted by atomic mass is 10.1. The Morgan fingerprint density at radius 2 is 1.08 bits per heavy atom. The Bertz CT molecular complexity index is 210. The number of rotatable bonds is 2. The molecule has 0 spiro atoms. The Labute approximate surface area is 101 Å². The van der Waals surface area contributed by atoms with Gasteiger partial charge in [-0.1, -0.05) is 69.4 Å². The maximum absolute atomic E-state index is 2.44. The molecule has 0 aromatic heterocycles. The highest BCUT2D eigenvalue weighted by Gasteiger charge is 2.02. The van der Waals surface area contributed by atoms with Crippen LogP contribution in [0.15, 0.2) is 24.3 Å². The Morgan fingerprint density at radius 3 is 1.25 bits per heavy atom. The van der Waals surface area contributed by atoms with Crippen molar-refractivity contribution in [1.29, 1.82) is 0 Å². The summed E-state index contributed by atoms with van der Waals surface area (Å²) < 4.78 is 1.22. The third-order valence-electron chi connectivity index (χ3n) is 1.86. The maximum Gasteiger partial charge on any atom is 0.0331 e. The van der Waals surface area contributed by atoms with Gasteiger partial charge in [0.15, 0.2) is 0 Å². The van der Waals surface area contributed by atoms with E-state index in [1.165, 1.54) is 11.1 Å². The van der Waals surface area contributed by atoms with E-state index in [1.54, 1.807) is 0 Å². The van der Waals surface area contributed by atoms with Gasteiger partial charge < -0.3 is 0 Å². The smallest absolute Gasteiger partial charge is 0.0331 e. The zero-order valence-corrected chi connectivity index (χ0v) is 11.5. The fraction of sp³-hybridized carbons (Fsp3) is 0.400. The van der Waals surface area contributed by atoms with Crippen LogP contribution < -0.4 is 0 Å². The molecule has 0 radical (unpaired) electrons. The van der Waals surface area contributed by atoms with Crippen molar-refractivity contribution in [3.8, 4) is 0 Å². The van der Waals surface area contributed by atoms with Crippen molar-refractivity contribution in [1.82, 2.24) is 0 Å². The highest BCUT2D eigenvalue weighted by atomic mass is 127. The first-order chi connectivity index (χ1) is 5.61. The molecule has 0 aliphatic heterocycles. The Morgan fingerprint density at radius 1 is 0.833 bits per heavy atom. The highest BCUT2D eigenvalue weighted by molar-refractivity contribution is 14.1. The van der Waals surface area contributed by atoms with E-state index in [0.29, 0.717) is 7.85 Å². The van der Waals surface area contributed by atoms with Crippen molar-refractivity contribution >= 4 is 45.2 Å². The summed E-state index contributed by atoms with van der Waals surface area (Å²) in [6.07, 6.45) is 0. The minimum atomic E-state index is 0.612. The lowest BCUT2D eigenvalue weighted by Gasteiger charge is -2.06. The molecular formula is C10H12I2. The van der Waals surface area contributed by atoms with E-state index in [4.69, 9.17) is 0 Å². The third kappa shape index (κ3) is 2.87. The summed E-state index contributed by atoms with van der Waals surface area (Å²) in [6, 6.07) is 8.90. The van der Waals surface area contributed by atoms with Gasteiger partial charge >= 0.3 is 0 Å². The third-order valence-corrected chi connectivity index (χ3v) is 3.29. The van der Waals surface area contributed by atoms with Crippen LogP contribution in [0.25, 0.3) is 0 Å². The molecule has 2 atom stereocenters. The molecule has 0 saturated carbocycles. The van der Waals surface area contributed by atoms with Crippen molar-refractivity contribution < 1.29 is 0 Å². The Hall–Kier alpha value is 0.680. The summed E-state index contributed by atoms with van der Waals surface area (Å²) in [7, 11) is 0. The van der Waals surface area contributed by atoms with Crippen LogP contribution in [0.3, 0.4) is 0 Å². The molecule has 66 valence electrons. The summed E-state index contributed by atoms with van der Waals surface area (Å²) in [6.45, 7) is 4.42. The Kier molecular flexibility index (Phi) is 4.29. The molecule has 1 rings (SSSR count). The topological polar surface area (TPSA) is 0 Å². The first kappa shape index (κ1) is 10.8. The van der Waals surface area contributed by atoms with Gasteiger partial charge in [-0.15, -0.1) is 0 Å². The van der Waals surface area contributed by atoms with Crippen LogP contribution in [0.1, 0.15) is 32.8 Å². The summed E-state index contributed by atoms with van der Waals surface area (Å²) in [5.74, 6) is 0. The fourth-order valence-corrected chi connectivity index (χ4v) is 1.86. The van der Waals surface area contributed by atoms with Crippen LogP contribution in [0.5, 0.6) is 0 Å². The van der Waals surface area contributed by atoms with E-state index in [-0.39, 0.29) is 0 Å². The molecule has 0 N–H and O–H groups in total. The molecule has 0 aliphatic carbocycles. The van der Waals surface area contributed by atoms with Gasteiger partial charge in [0, 0.05) is 7.85 Å². The molecule has 0 aliphatic rings. The van der Waals surface area contributed by atoms with Crippen LogP contribution in [-0.4, -0.2) is 0 Å². The number of hydrogen-bond acceptors (Lipinski definition) is 0. The van der Waals surface area contributed by atoms with E-state index < -0.39 is 0 Å². The standard InChI is InChI=1S/C10H12I2/c1-7(11)9-3-5-10(6-4-9)8(2)12/h3-8H,1-2H3. The van der Waals surface area contributed by atoms with Crippen molar-refractivity contribution in [3.05, 3.63) is 35.4 Å². The average Bonchev–Trinajstić information content (AvgIpc) is 2.04. The van der Waals surface area contributed by atoms with Gasteiger partial charge in [0.25, 0.3) is 0 Å². The van der Waals surface area contributed by atoms with E-state index >= 15 is 0 Å². The monoisotopic (exact) mass is 386 g/mol. The molecule has 0 amide bonds. The van der Waals surface area contributed by atoms with Crippen molar-refractivity contribution in [2.75, 3.05) is 0 Å². The molecule has 0 nitrogen and oxygen atoms in total. The average molecular weight is 386 g/mol. The van der Waals surface area contributed by atoms with E-state index in [0.717, 1.165) is 0 Å². The minimum Gasteiger partial charge on any atom is -0.0777 e. The summed E-state index contributed by atoms with van der Waals surface area (Å²) in [5.41, 5.74) is 2.83. The van der Waals surface area contributed by atoms with Crippen molar-refractivity contribution in [2.24, 2.45) is 0 Å². The Balaban J connectivity index is 2.86. The SMILES string of the molecule is CC(I)c1ccc(C(C)I)cc1. The zero-order valence-electron chi connectivity index (χ0n) is 7.22. The summed E-state index contributed by atoms with van der Waals surface area (Å²) in [4.78, 5) is 0.